The Morgan fingerprint density at radius 3 is 2.59 bits per heavy atom. The highest BCUT2D eigenvalue weighted by Crippen LogP contribution is 2.17. The maximum atomic E-state index is 13.0. The van der Waals surface area contributed by atoms with E-state index >= 15 is 0 Å². The summed E-state index contributed by atoms with van der Waals surface area (Å²) >= 11 is 0. The molecule has 22 heavy (non-hydrogen) atoms. The summed E-state index contributed by atoms with van der Waals surface area (Å²) in [6.07, 6.45) is 2.04. The number of aliphatic hydroxyl groups is 1. The SMILES string of the molecule is CC(C)CCN1CCN(Cc2ccc(F)cc2)C[C@@H]1CCO. The predicted octanol–water partition coefficient (Wildman–Crippen LogP) is 2.74. The summed E-state index contributed by atoms with van der Waals surface area (Å²) in [6.45, 7) is 9.81. The molecule has 0 radical (unpaired) electrons. The van der Waals surface area contributed by atoms with E-state index in [4.69, 9.17) is 0 Å². The lowest BCUT2D eigenvalue weighted by Crippen LogP contribution is -2.53. The topological polar surface area (TPSA) is 26.7 Å². The fourth-order valence-corrected chi connectivity index (χ4v) is 3.09. The molecule has 2 rings (SSSR count). The van der Waals surface area contributed by atoms with Crippen LogP contribution in [-0.4, -0.2) is 53.7 Å². The van der Waals surface area contributed by atoms with Crippen molar-refractivity contribution in [3.8, 4) is 0 Å². The summed E-state index contributed by atoms with van der Waals surface area (Å²) < 4.78 is 13.0. The highest BCUT2D eigenvalue weighted by atomic mass is 19.1. The average Bonchev–Trinajstić information content (AvgIpc) is 2.49. The number of aliphatic hydroxyl groups excluding tert-OH is 1. The van der Waals surface area contributed by atoms with Gasteiger partial charge in [0.15, 0.2) is 0 Å². The molecule has 0 bridgehead atoms. The summed E-state index contributed by atoms with van der Waals surface area (Å²) in [7, 11) is 0. The molecule has 0 saturated carbocycles. The van der Waals surface area contributed by atoms with Crippen LogP contribution in [0.25, 0.3) is 0 Å². The molecule has 0 spiro atoms. The third-order valence-corrected chi connectivity index (χ3v) is 4.46. The fourth-order valence-electron chi connectivity index (χ4n) is 3.09. The number of halogens is 1. The van der Waals surface area contributed by atoms with Crippen LogP contribution in [0.3, 0.4) is 0 Å². The maximum absolute atomic E-state index is 13.0. The molecule has 1 saturated heterocycles. The summed E-state index contributed by atoms with van der Waals surface area (Å²) in [6, 6.07) is 7.21. The molecule has 4 heteroatoms. The van der Waals surface area contributed by atoms with Gasteiger partial charge < -0.3 is 5.11 Å². The number of hydrogen-bond donors (Lipinski definition) is 1. The first kappa shape index (κ1) is 17.4. The molecule has 0 aromatic heterocycles. The van der Waals surface area contributed by atoms with Gasteiger partial charge in [0.05, 0.1) is 0 Å². The highest BCUT2D eigenvalue weighted by molar-refractivity contribution is 5.16. The van der Waals surface area contributed by atoms with Crippen molar-refractivity contribution in [1.82, 2.24) is 9.80 Å². The molecule has 0 amide bonds. The molecule has 3 nitrogen and oxygen atoms in total. The van der Waals surface area contributed by atoms with Gasteiger partial charge in [0.1, 0.15) is 5.82 Å². The molecule has 1 aromatic carbocycles. The minimum absolute atomic E-state index is 0.180. The van der Waals surface area contributed by atoms with Gasteiger partial charge in [-0.3, -0.25) is 9.80 Å². The van der Waals surface area contributed by atoms with Crippen molar-refractivity contribution in [2.45, 2.75) is 39.3 Å². The monoisotopic (exact) mass is 308 g/mol. The van der Waals surface area contributed by atoms with E-state index in [0.29, 0.717) is 12.0 Å². The second kappa shape index (κ2) is 8.61. The van der Waals surface area contributed by atoms with Gasteiger partial charge in [-0.2, -0.15) is 0 Å². The molecule has 0 aliphatic carbocycles. The minimum Gasteiger partial charge on any atom is -0.396 e. The van der Waals surface area contributed by atoms with Crippen molar-refractivity contribution < 1.29 is 9.50 Å². The molecule has 1 fully saturated rings. The fraction of sp³-hybridized carbons (Fsp3) is 0.667. The number of rotatable bonds is 7. The van der Waals surface area contributed by atoms with E-state index in [1.165, 1.54) is 18.6 Å². The van der Waals surface area contributed by atoms with Gasteiger partial charge in [-0.25, -0.2) is 4.39 Å². The van der Waals surface area contributed by atoms with Crippen molar-refractivity contribution in [1.29, 1.82) is 0 Å². The van der Waals surface area contributed by atoms with Crippen LogP contribution in [-0.2, 0) is 6.54 Å². The third-order valence-electron chi connectivity index (χ3n) is 4.46. The molecule has 1 aliphatic heterocycles. The van der Waals surface area contributed by atoms with Crippen LogP contribution in [0, 0.1) is 11.7 Å². The lowest BCUT2D eigenvalue weighted by Gasteiger charge is -2.41. The first-order valence-electron chi connectivity index (χ1n) is 8.40. The van der Waals surface area contributed by atoms with Gasteiger partial charge in [0, 0.05) is 38.8 Å². The Labute approximate surface area is 133 Å². The Balaban J connectivity index is 1.89. The summed E-state index contributed by atoms with van der Waals surface area (Å²) in [5.41, 5.74) is 1.15. The van der Waals surface area contributed by atoms with Crippen LogP contribution in [0.2, 0.25) is 0 Å². The zero-order valence-corrected chi connectivity index (χ0v) is 13.8. The molecule has 124 valence electrons. The van der Waals surface area contributed by atoms with E-state index in [9.17, 15) is 9.50 Å². The summed E-state index contributed by atoms with van der Waals surface area (Å²) in [5, 5.41) is 9.33. The van der Waals surface area contributed by atoms with Gasteiger partial charge in [0.2, 0.25) is 0 Å². The Morgan fingerprint density at radius 1 is 1.23 bits per heavy atom. The Kier molecular flexibility index (Phi) is 6.80. The third kappa shape index (κ3) is 5.34. The number of hydrogen-bond acceptors (Lipinski definition) is 3. The minimum atomic E-state index is -0.180. The van der Waals surface area contributed by atoms with Crippen LogP contribution in [0.15, 0.2) is 24.3 Å². The standard InChI is InChI=1S/C18H29FN2O/c1-15(2)7-9-21-11-10-20(14-18(21)8-12-22)13-16-3-5-17(19)6-4-16/h3-6,15,18,22H,7-14H2,1-2H3/t18-/m0/s1. The molecule has 1 N–H and O–H groups in total. The zero-order chi connectivity index (χ0) is 15.9. The van der Waals surface area contributed by atoms with Crippen molar-refractivity contribution >= 4 is 0 Å². The number of nitrogens with zero attached hydrogens (tertiary/aromatic N) is 2. The molecule has 1 heterocycles. The van der Waals surface area contributed by atoms with Crippen LogP contribution >= 0.6 is 0 Å². The lowest BCUT2D eigenvalue weighted by atomic mass is 10.0. The van der Waals surface area contributed by atoms with E-state index in [2.05, 4.69) is 23.6 Å². The van der Waals surface area contributed by atoms with E-state index < -0.39 is 0 Å². The Bertz CT molecular complexity index is 435. The van der Waals surface area contributed by atoms with Gasteiger partial charge in [0.25, 0.3) is 0 Å². The van der Waals surface area contributed by atoms with E-state index in [1.54, 1.807) is 0 Å². The van der Waals surface area contributed by atoms with Gasteiger partial charge in [-0.15, -0.1) is 0 Å². The maximum Gasteiger partial charge on any atom is 0.123 e. The molecular weight excluding hydrogens is 279 g/mol. The molecular formula is C18H29FN2O. The van der Waals surface area contributed by atoms with Crippen LogP contribution in [0.5, 0.6) is 0 Å². The smallest absolute Gasteiger partial charge is 0.123 e. The second-order valence-electron chi connectivity index (χ2n) is 6.75. The van der Waals surface area contributed by atoms with Gasteiger partial charge in [-0.1, -0.05) is 26.0 Å². The highest BCUT2D eigenvalue weighted by Gasteiger charge is 2.26. The lowest BCUT2D eigenvalue weighted by molar-refractivity contribution is 0.0524. The predicted molar refractivity (Wildman–Crippen MR) is 88.2 cm³/mol. The Morgan fingerprint density at radius 2 is 1.95 bits per heavy atom. The quantitative estimate of drug-likeness (QED) is 0.839. The van der Waals surface area contributed by atoms with E-state index in [0.717, 1.165) is 44.7 Å². The molecule has 1 aromatic rings. The summed E-state index contributed by atoms with van der Waals surface area (Å²) in [5.74, 6) is 0.535. The number of piperazine rings is 1. The van der Waals surface area contributed by atoms with Crippen molar-refractivity contribution in [2.75, 3.05) is 32.8 Å². The first-order chi connectivity index (χ1) is 10.6. The van der Waals surface area contributed by atoms with Crippen LogP contribution in [0.1, 0.15) is 32.3 Å². The molecule has 1 aliphatic rings. The second-order valence-corrected chi connectivity index (χ2v) is 6.75. The van der Waals surface area contributed by atoms with Crippen molar-refractivity contribution in [3.63, 3.8) is 0 Å². The van der Waals surface area contributed by atoms with E-state index in [-0.39, 0.29) is 12.4 Å². The van der Waals surface area contributed by atoms with Gasteiger partial charge >= 0.3 is 0 Å². The van der Waals surface area contributed by atoms with Gasteiger partial charge in [-0.05, 0) is 43.0 Å². The molecule has 0 unspecified atom stereocenters. The summed E-state index contributed by atoms with van der Waals surface area (Å²) in [4.78, 5) is 4.94. The number of benzene rings is 1. The van der Waals surface area contributed by atoms with E-state index in [1.807, 2.05) is 12.1 Å². The zero-order valence-electron chi connectivity index (χ0n) is 13.8. The van der Waals surface area contributed by atoms with Crippen molar-refractivity contribution in [2.24, 2.45) is 5.92 Å². The van der Waals surface area contributed by atoms with Crippen molar-refractivity contribution in [3.05, 3.63) is 35.6 Å². The van der Waals surface area contributed by atoms with Crippen LogP contribution < -0.4 is 0 Å². The molecule has 1 atom stereocenters. The Hall–Kier alpha value is -0.970. The van der Waals surface area contributed by atoms with Crippen LogP contribution in [0.4, 0.5) is 4.39 Å². The normalized spacial score (nSPS) is 20.7. The first-order valence-corrected chi connectivity index (χ1v) is 8.40. The average molecular weight is 308 g/mol. The largest absolute Gasteiger partial charge is 0.396 e.